The summed E-state index contributed by atoms with van der Waals surface area (Å²) >= 11 is 9.22. The first-order chi connectivity index (χ1) is 8.69. The lowest BCUT2D eigenvalue weighted by Crippen LogP contribution is -1.99. The van der Waals surface area contributed by atoms with Crippen molar-refractivity contribution in [3.05, 3.63) is 57.7 Å². The van der Waals surface area contributed by atoms with Crippen LogP contribution in [0.1, 0.15) is 16.8 Å². The normalized spacial score (nSPS) is 10.4. The number of pyridine rings is 1. The molecule has 0 aliphatic rings. The summed E-state index contributed by atoms with van der Waals surface area (Å²) in [5.41, 5.74) is 3.05. The molecule has 0 fully saturated rings. The maximum absolute atomic E-state index is 5.79. The number of aryl methyl sites for hydroxylation is 1. The van der Waals surface area contributed by atoms with Crippen LogP contribution >= 0.6 is 27.5 Å². The molecular formula is C14H13BrClNO. The predicted octanol–water partition coefficient (Wildman–Crippen LogP) is 4.47. The Balaban J connectivity index is 2.04. The van der Waals surface area contributed by atoms with E-state index in [2.05, 4.69) is 20.9 Å². The van der Waals surface area contributed by atoms with Gasteiger partial charge in [-0.2, -0.15) is 0 Å². The van der Waals surface area contributed by atoms with E-state index in [-0.39, 0.29) is 0 Å². The van der Waals surface area contributed by atoms with E-state index >= 15 is 0 Å². The molecule has 1 heterocycles. The Bertz CT molecular complexity index is 545. The lowest BCUT2D eigenvalue weighted by Gasteiger charge is -2.08. The molecule has 0 aliphatic carbocycles. The number of halogens is 2. The highest BCUT2D eigenvalue weighted by Crippen LogP contribution is 2.17. The number of alkyl halides is 1. The minimum Gasteiger partial charge on any atom is -0.473 e. The van der Waals surface area contributed by atoms with Crippen molar-refractivity contribution in [2.45, 2.75) is 19.4 Å². The molecule has 94 valence electrons. The molecular weight excluding hydrogens is 314 g/mol. The van der Waals surface area contributed by atoms with Gasteiger partial charge in [-0.1, -0.05) is 34.1 Å². The van der Waals surface area contributed by atoms with Crippen LogP contribution in [0.4, 0.5) is 0 Å². The number of rotatable bonds is 4. The Morgan fingerprint density at radius 3 is 2.78 bits per heavy atom. The maximum atomic E-state index is 5.79. The van der Waals surface area contributed by atoms with Crippen LogP contribution in [-0.2, 0) is 12.5 Å². The fourth-order valence-corrected chi connectivity index (χ4v) is 2.30. The Hall–Kier alpha value is -1.06. The van der Waals surface area contributed by atoms with Crippen molar-refractivity contribution < 1.29 is 4.74 Å². The van der Waals surface area contributed by atoms with Crippen molar-refractivity contribution in [2.75, 3.05) is 0 Å². The molecule has 0 saturated carbocycles. The molecule has 0 atom stereocenters. The van der Waals surface area contributed by atoms with Gasteiger partial charge in [0.15, 0.2) is 0 Å². The molecule has 0 spiro atoms. The fraction of sp³-hybridized carbons (Fsp3) is 0.214. The van der Waals surface area contributed by atoms with Crippen LogP contribution in [0, 0.1) is 6.92 Å². The van der Waals surface area contributed by atoms with Crippen LogP contribution in [0.2, 0.25) is 0 Å². The van der Waals surface area contributed by atoms with Gasteiger partial charge in [-0.25, -0.2) is 4.98 Å². The second-order valence-corrected chi connectivity index (χ2v) is 5.13. The Morgan fingerprint density at radius 2 is 2.11 bits per heavy atom. The third-order valence-electron chi connectivity index (χ3n) is 2.59. The molecule has 0 bridgehead atoms. The number of hydrogen-bond acceptors (Lipinski definition) is 2. The summed E-state index contributed by atoms with van der Waals surface area (Å²) in [7, 11) is 0. The molecule has 0 aliphatic heterocycles. The van der Waals surface area contributed by atoms with Crippen LogP contribution in [0.3, 0.4) is 0 Å². The van der Waals surface area contributed by atoms with Gasteiger partial charge >= 0.3 is 0 Å². The highest BCUT2D eigenvalue weighted by atomic mass is 79.9. The van der Waals surface area contributed by atoms with E-state index < -0.39 is 0 Å². The molecule has 2 aromatic rings. The quantitative estimate of drug-likeness (QED) is 0.773. The molecule has 2 nitrogen and oxygen atoms in total. The summed E-state index contributed by atoms with van der Waals surface area (Å²) in [6, 6.07) is 11.8. The van der Waals surface area contributed by atoms with Crippen molar-refractivity contribution in [1.29, 1.82) is 0 Å². The third-order valence-corrected chi connectivity index (χ3v) is 3.37. The van der Waals surface area contributed by atoms with E-state index in [1.165, 1.54) is 0 Å². The van der Waals surface area contributed by atoms with Crippen LogP contribution in [-0.4, -0.2) is 4.98 Å². The van der Waals surface area contributed by atoms with Gasteiger partial charge in [0.2, 0.25) is 5.88 Å². The van der Waals surface area contributed by atoms with E-state index in [1.54, 1.807) is 0 Å². The highest BCUT2D eigenvalue weighted by Gasteiger charge is 2.02. The van der Waals surface area contributed by atoms with E-state index in [0.29, 0.717) is 18.4 Å². The average molecular weight is 327 g/mol. The van der Waals surface area contributed by atoms with Gasteiger partial charge in [0.25, 0.3) is 0 Å². The van der Waals surface area contributed by atoms with Gasteiger partial charge in [-0.05, 0) is 30.2 Å². The van der Waals surface area contributed by atoms with Crippen LogP contribution in [0.25, 0.3) is 0 Å². The lowest BCUT2D eigenvalue weighted by molar-refractivity contribution is 0.293. The number of ether oxygens (including phenoxy) is 1. The summed E-state index contributed by atoms with van der Waals surface area (Å²) < 4.78 is 6.70. The molecule has 0 saturated heterocycles. The average Bonchev–Trinajstić information content (AvgIpc) is 2.37. The zero-order valence-corrected chi connectivity index (χ0v) is 12.3. The molecule has 18 heavy (non-hydrogen) atoms. The van der Waals surface area contributed by atoms with E-state index in [1.807, 2.05) is 43.3 Å². The first-order valence-electron chi connectivity index (χ1n) is 5.59. The van der Waals surface area contributed by atoms with Gasteiger partial charge in [-0.3, -0.25) is 0 Å². The molecule has 0 amide bonds. The standard InChI is InChI=1S/C14H13BrClNO/c1-10-12(8-16)5-6-14(17-10)18-9-11-3-2-4-13(15)7-11/h2-7H,8-9H2,1H3. The summed E-state index contributed by atoms with van der Waals surface area (Å²) in [6.07, 6.45) is 0. The van der Waals surface area contributed by atoms with E-state index in [9.17, 15) is 0 Å². The Kier molecular flexibility index (Phi) is 4.61. The summed E-state index contributed by atoms with van der Waals surface area (Å²) in [6.45, 7) is 2.44. The van der Waals surface area contributed by atoms with E-state index in [0.717, 1.165) is 21.3 Å². The van der Waals surface area contributed by atoms with Gasteiger partial charge in [0.05, 0.1) is 0 Å². The first kappa shape index (κ1) is 13.4. The third kappa shape index (κ3) is 3.47. The second-order valence-electron chi connectivity index (χ2n) is 3.95. The van der Waals surface area contributed by atoms with Gasteiger partial charge in [-0.15, -0.1) is 11.6 Å². The highest BCUT2D eigenvalue weighted by molar-refractivity contribution is 9.10. The fourth-order valence-electron chi connectivity index (χ4n) is 1.57. The first-order valence-corrected chi connectivity index (χ1v) is 6.91. The van der Waals surface area contributed by atoms with Crippen molar-refractivity contribution in [1.82, 2.24) is 4.98 Å². The maximum Gasteiger partial charge on any atom is 0.213 e. The van der Waals surface area contributed by atoms with Crippen LogP contribution in [0.15, 0.2) is 40.9 Å². The topological polar surface area (TPSA) is 22.1 Å². The van der Waals surface area contributed by atoms with Crippen molar-refractivity contribution in [3.63, 3.8) is 0 Å². The molecule has 1 aromatic heterocycles. The minimum atomic E-state index is 0.477. The van der Waals surface area contributed by atoms with Gasteiger partial charge < -0.3 is 4.74 Å². The SMILES string of the molecule is Cc1nc(OCc2cccc(Br)c2)ccc1CCl. The Labute approximate surface area is 120 Å². The predicted molar refractivity (Wildman–Crippen MR) is 77.0 cm³/mol. The smallest absolute Gasteiger partial charge is 0.213 e. The van der Waals surface area contributed by atoms with Crippen molar-refractivity contribution in [2.24, 2.45) is 0 Å². The summed E-state index contributed by atoms with van der Waals surface area (Å²) in [4.78, 5) is 4.36. The van der Waals surface area contributed by atoms with Crippen molar-refractivity contribution >= 4 is 27.5 Å². The Morgan fingerprint density at radius 1 is 1.28 bits per heavy atom. The van der Waals surface area contributed by atoms with Gasteiger partial charge in [0, 0.05) is 22.1 Å². The zero-order chi connectivity index (χ0) is 13.0. The number of benzene rings is 1. The molecule has 2 rings (SSSR count). The number of nitrogens with zero attached hydrogens (tertiary/aromatic N) is 1. The monoisotopic (exact) mass is 325 g/mol. The molecule has 1 aromatic carbocycles. The number of hydrogen-bond donors (Lipinski definition) is 0. The van der Waals surface area contributed by atoms with E-state index in [4.69, 9.17) is 16.3 Å². The summed E-state index contributed by atoms with van der Waals surface area (Å²) in [5, 5.41) is 0. The number of aromatic nitrogens is 1. The van der Waals surface area contributed by atoms with Crippen molar-refractivity contribution in [3.8, 4) is 5.88 Å². The van der Waals surface area contributed by atoms with Crippen LogP contribution in [0.5, 0.6) is 5.88 Å². The largest absolute Gasteiger partial charge is 0.473 e. The lowest BCUT2D eigenvalue weighted by atomic mass is 10.2. The molecule has 4 heteroatoms. The van der Waals surface area contributed by atoms with Crippen LogP contribution < -0.4 is 4.74 Å². The zero-order valence-electron chi connectivity index (χ0n) is 9.99. The summed E-state index contributed by atoms with van der Waals surface area (Å²) in [5.74, 6) is 1.10. The van der Waals surface area contributed by atoms with Gasteiger partial charge in [0.1, 0.15) is 6.61 Å². The molecule has 0 radical (unpaired) electrons. The second kappa shape index (κ2) is 6.21. The minimum absolute atomic E-state index is 0.477. The molecule has 0 N–H and O–H groups in total. The molecule has 0 unspecified atom stereocenters.